The van der Waals surface area contributed by atoms with Crippen LogP contribution in [-0.2, 0) is 16.0 Å². The molecule has 130 valence electrons. The van der Waals surface area contributed by atoms with Crippen molar-refractivity contribution in [3.8, 4) is 0 Å². The van der Waals surface area contributed by atoms with Crippen LogP contribution >= 0.6 is 0 Å². The normalized spacial score (nSPS) is 18.1. The van der Waals surface area contributed by atoms with Gasteiger partial charge in [0.15, 0.2) is 0 Å². The van der Waals surface area contributed by atoms with Gasteiger partial charge in [-0.2, -0.15) is 0 Å². The number of hydrogen-bond donors (Lipinski definition) is 2. The molecule has 2 N–H and O–H groups in total. The summed E-state index contributed by atoms with van der Waals surface area (Å²) in [4.78, 5) is 37.0. The number of hydrogen-bond acceptors (Lipinski definition) is 3. The van der Waals surface area contributed by atoms with E-state index in [0.29, 0.717) is 18.5 Å². The second-order valence-corrected chi connectivity index (χ2v) is 6.12. The van der Waals surface area contributed by atoms with Crippen molar-refractivity contribution in [2.75, 3.05) is 13.1 Å². The fraction of sp³-hybridized carbons (Fsp3) is 0.500. The van der Waals surface area contributed by atoms with Crippen LogP contribution in [0.2, 0.25) is 0 Å². The molecule has 1 unspecified atom stereocenters. The summed E-state index contributed by atoms with van der Waals surface area (Å²) in [6, 6.07) is 6.70. The molecular formula is C18H24N2O4. The zero-order valence-corrected chi connectivity index (χ0v) is 14.0. The number of carbonyl (C=O) groups excluding carboxylic acids is 2. The molecule has 1 aromatic rings. The molecule has 0 bridgehead atoms. The summed E-state index contributed by atoms with van der Waals surface area (Å²) in [7, 11) is 0. The fourth-order valence-electron chi connectivity index (χ4n) is 2.91. The quantitative estimate of drug-likeness (QED) is 0.832. The Morgan fingerprint density at radius 2 is 1.96 bits per heavy atom. The Kier molecular flexibility index (Phi) is 6.35. The number of benzene rings is 1. The molecule has 0 spiro atoms. The monoisotopic (exact) mass is 332 g/mol. The summed E-state index contributed by atoms with van der Waals surface area (Å²) in [5, 5.41) is 11.7. The van der Waals surface area contributed by atoms with Crippen molar-refractivity contribution < 1.29 is 19.5 Å². The Hall–Kier alpha value is -2.37. The minimum absolute atomic E-state index is 0.298. The number of amides is 2. The first-order valence-electron chi connectivity index (χ1n) is 8.41. The first kappa shape index (κ1) is 18.0. The molecule has 1 atom stereocenters. The largest absolute Gasteiger partial charge is 0.480 e. The predicted octanol–water partition coefficient (Wildman–Crippen LogP) is 1.83. The molecule has 6 heteroatoms. The average molecular weight is 332 g/mol. The van der Waals surface area contributed by atoms with Gasteiger partial charge in [0, 0.05) is 12.1 Å². The number of carboxylic acids is 1. The molecule has 1 aliphatic heterocycles. The standard InChI is InChI=1S/C18H24N2O4/c1-2-5-13-7-9-14(10-8-13)17(23)19-15-6-3-4-11-20(18(15)24)12-16(21)22/h7-10,15H,2-6,11-12H2,1H3,(H,19,23)(H,21,22). The second kappa shape index (κ2) is 8.47. The van der Waals surface area contributed by atoms with Crippen LogP contribution in [0.15, 0.2) is 24.3 Å². The van der Waals surface area contributed by atoms with Crippen LogP contribution in [0.4, 0.5) is 0 Å². The highest BCUT2D eigenvalue weighted by molar-refractivity contribution is 5.98. The van der Waals surface area contributed by atoms with Crippen molar-refractivity contribution in [3.63, 3.8) is 0 Å². The lowest BCUT2D eigenvalue weighted by Crippen LogP contribution is -2.48. The van der Waals surface area contributed by atoms with Gasteiger partial charge in [-0.25, -0.2) is 0 Å². The maximum absolute atomic E-state index is 12.4. The highest BCUT2D eigenvalue weighted by Gasteiger charge is 2.29. The minimum Gasteiger partial charge on any atom is -0.480 e. The first-order chi connectivity index (χ1) is 11.5. The van der Waals surface area contributed by atoms with E-state index in [1.807, 2.05) is 12.1 Å². The van der Waals surface area contributed by atoms with E-state index in [2.05, 4.69) is 12.2 Å². The molecule has 1 heterocycles. The van der Waals surface area contributed by atoms with Crippen molar-refractivity contribution in [1.29, 1.82) is 0 Å². The van der Waals surface area contributed by atoms with Crippen molar-refractivity contribution in [3.05, 3.63) is 35.4 Å². The van der Waals surface area contributed by atoms with Crippen LogP contribution < -0.4 is 5.32 Å². The van der Waals surface area contributed by atoms with E-state index >= 15 is 0 Å². The van der Waals surface area contributed by atoms with E-state index in [9.17, 15) is 14.4 Å². The van der Waals surface area contributed by atoms with Gasteiger partial charge in [0.25, 0.3) is 5.91 Å². The lowest BCUT2D eigenvalue weighted by molar-refractivity contribution is -0.144. The maximum Gasteiger partial charge on any atom is 0.323 e. The highest BCUT2D eigenvalue weighted by Crippen LogP contribution is 2.13. The number of rotatable bonds is 6. The van der Waals surface area contributed by atoms with Crippen molar-refractivity contribution in [2.45, 2.75) is 45.1 Å². The summed E-state index contributed by atoms with van der Waals surface area (Å²) < 4.78 is 0. The van der Waals surface area contributed by atoms with Crippen molar-refractivity contribution in [1.82, 2.24) is 10.2 Å². The summed E-state index contributed by atoms with van der Waals surface area (Å²) >= 11 is 0. The van der Waals surface area contributed by atoms with Gasteiger partial charge in [0.2, 0.25) is 5.91 Å². The molecular weight excluding hydrogens is 308 g/mol. The number of nitrogens with zero attached hydrogens (tertiary/aromatic N) is 1. The Morgan fingerprint density at radius 1 is 1.25 bits per heavy atom. The molecule has 0 radical (unpaired) electrons. The van der Waals surface area contributed by atoms with E-state index in [1.54, 1.807) is 12.1 Å². The van der Waals surface area contributed by atoms with Gasteiger partial charge >= 0.3 is 5.97 Å². The highest BCUT2D eigenvalue weighted by atomic mass is 16.4. The van der Waals surface area contributed by atoms with Crippen LogP contribution in [0, 0.1) is 0 Å². The number of nitrogens with one attached hydrogen (secondary N) is 1. The van der Waals surface area contributed by atoms with Crippen LogP contribution in [-0.4, -0.2) is 46.9 Å². The molecule has 0 saturated carbocycles. The summed E-state index contributed by atoms with van der Waals surface area (Å²) in [6.45, 7) is 2.20. The summed E-state index contributed by atoms with van der Waals surface area (Å²) in [5.74, 6) is -1.65. The molecule has 6 nitrogen and oxygen atoms in total. The second-order valence-electron chi connectivity index (χ2n) is 6.12. The molecule has 2 amide bonds. The Balaban J connectivity index is 2.03. The van der Waals surface area contributed by atoms with Gasteiger partial charge in [-0.1, -0.05) is 25.5 Å². The van der Waals surface area contributed by atoms with Gasteiger partial charge in [-0.05, 0) is 43.4 Å². The average Bonchev–Trinajstić information content (AvgIpc) is 2.71. The number of likely N-dealkylation sites (tertiary alicyclic amines) is 1. The Morgan fingerprint density at radius 3 is 2.58 bits per heavy atom. The van der Waals surface area contributed by atoms with Crippen LogP contribution in [0.5, 0.6) is 0 Å². The van der Waals surface area contributed by atoms with Gasteiger partial charge in [0.1, 0.15) is 12.6 Å². The van der Waals surface area contributed by atoms with Crippen LogP contribution in [0.3, 0.4) is 0 Å². The third-order valence-corrected chi connectivity index (χ3v) is 4.17. The van der Waals surface area contributed by atoms with E-state index in [-0.39, 0.29) is 18.4 Å². The fourth-order valence-corrected chi connectivity index (χ4v) is 2.91. The number of aliphatic carboxylic acids is 1. The van der Waals surface area contributed by atoms with E-state index < -0.39 is 12.0 Å². The summed E-state index contributed by atoms with van der Waals surface area (Å²) in [5.41, 5.74) is 1.68. The van der Waals surface area contributed by atoms with Crippen molar-refractivity contribution in [2.24, 2.45) is 0 Å². The molecule has 0 aliphatic carbocycles. The van der Waals surface area contributed by atoms with E-state index in [1.165, 1.54) is 10.5 Å². The summed E-state index contributed by atoms with van der Waals surface area (Å²) in [6.07, 6.45) is 4.07. The van der Waals surface area contributed by atoms with Gasteiger partial charge < -0.3 is 15.3 Å². The van der Waals surface area contributed by atoms with Gasteiger partial charge in [0.05, 0.1) is 0 Å². The third kappa shape index (κ3) is 4.81. The molecule has 1 aliphatic rings. The SMILES string of the molecule is CCCc1ccc(C(=O)NC2CCCCN(CC(=O)O)C2=O)cc1. The number of carboxylic acid groups (broad SMARTS) is 1. The molecule has 1 saturated heterocycles. The van der Waals surface area contributed by atoms with E-state index in [0.717, 1.165) is 25.7 Å². The molecule has 0 aromatic heterocycles. The number of carbonyl (C=O) groups is 3. The van der Waals surface area contributed by atoms with E-state index in [4.69, 9.17) is 5.11 Å². The van der Waals surface area contributed by atoms with Crippen LogP contribution in [0.25, 0.3) is 0 Å². The molecule has 1 aromatic carbocycles. The zero-order valence-electron chi connectivity index (χ0n) is 14.0. The molecule has 1 fully saturated rings. The van der Waals surface area contributed by atoms with Gasteiger partial charge in [-0.3, -0.25) is 14.4 Å². The zero-order chi connectivity index (χ0) is 17.5. The predicted molar refractivity (Wildman–Crippen MR) is 89.8 cm³/mol. The minimum atomic E-state index is -1.04. The Labute approximate surface area is 141 Å². The number of aryl methyl sites for hydroxylation is 1. The topological polar surface area (TPSA) is 86.7 Å². The van der Waals surface area contributed by atoms with Gasteiger partial charge in [-0.15, -0.1) is 0 Å². The van der Waals surface area contributed by atoms with Crippen molar-refractivity contribution >= 4 is 17.8 Å². The smallest absolute Gasteiger partial charge is 0.323 e. The lowest BCUT2D eigenvalue weighted by Gasteiger charge is -2.23. The molecule has 2 rings (SSSR count). The Bertz CT molecular complexity index is 598. The van der Waals surface area contributed by atoms with Crippen LogP contribution in [0.1, 0.15) is 48.5 Å². The first-order valence-corrected chi connectivity index (χ1v) is 8.41. The third-order valence-electron chi connectivity index (χ3n) is 4.17. The lowest BCUT2D eigenvalue weighted by atomic mass is 10.1. The maximum atomic E-state index is 12.4. The molecule has 24 heavy (non-hydrogen) atoms.